The van der Waals surface area contributed by atoms with Crippen molar-refractivity contribution in [3.63, 3.8) is 0 Å². The highest BCUT2D eigenvalue weighted by atomic mass is 14.3. The Bertz CT molecular complexity index is 632. The number of hydrogen-bond donors (Lipinski definition) is 0. The van der Waals surface area contributed by atoms with E-state index in [4.69, 9.17) is 0 Å². The molecule has 0 atom stereocenters. The zero-order valence-electron chi connectivity index (χ0n) is 9.38. The molecular formula is C16H13+. The standard InChI is InChI=1S/C16H13/c1-10-5-6-13-9-12-4-2-3-11-7-8-14(10)16(13)15(11)12/h2-4,6-8H,5,9H2,1H3/q+1. The lowest BCUT2D eigenvalue weighted by Gasteiger charge is -2.12. The molecule has 0 radical (unpaired) electrons. The molecule has 0 aliphatic heterocycles. The first-order valence-electron chi connectivity index (χ1n) is 5.91. The third-order valence-corrected chi connectivity index (χ3v) is 3.95. The predicted molar refractivity (Wildman–Crippen MR) is 68.3 cm³/mol. The van der Waals surface area contributed by atoms with Crippen molar-refractivity contribution >= 4 is 16.3 Å². The first-order valence-corrected chi connectivity index (χ1v) is 5.91. The third-order valence-electron chi connectivity index (χ3n) is 3.95. The van der Waals surface area contributed by atoms with Gasteiger partial charge in [0.1, 0.15) is 5.56 Å². The Kier molecular flexibility index (Phi) is 1.43. The van der Waals surface area contributed by atoms with Crippen LogP contribution >= 0.6 is 0 Å². The second-order valence-corrected chi connectivity index (χ2v) is 4.89. The molecule has 2 aromatic rings. The van der Waals surface area contributed by atoms with Crippen molar-refractivity contribution < 1.29 is 0 Å². The highest BCUT2D eigenvalue weighted by molar-refractivity contribution is 6.04. The molecule has 2 aromatic carbocycles. The molecule has 16 heavy (non-hydrogen) atoms. The molecule has 0 saturated carbocycles. The lowest BCUT2D eigenvalue weighted by Crippen LogP contribution is -2.02. The van der Waals surface area contributed by atoms with Gasteiger partial charge < -0.3 is 0 Å². The van der Waals surface area contributed by atoms with E-state index in [1.54, 1.807) is 5.57 Å². The van der Waals surface area contributed by atoms with Gasteiger partial charge in [0.25, 0.3) is 0 Å². The second kappa shape index (κ2) is 2.70. The van der Waals surface area contributed by atoms with E-state index in [1.165, 1.54) is 33.4 Å². The van der Waals surface area contributed by atoms with E-state index in [-0.39, 0.29) is 0 Å². The van der Waals surface area contributed by atoms with Crippen LogP contribution in [0.15, 0.2) is 36.4 Å². The smallest absolute Gasteiger partial charge is 0.0612 e. The molecule has 0 unspecified atom stereocenters. The second-order valence-electron chi connectivity index (χ2n) is 4.89. The normalized spacial score (nSPS) is 16.8. The summed E-state index contributed by atoms with van der Waals surface area (Å²) in [4.78, 5) is 0. The van der Waals surface area contributed by atoms with Crippen molar-refractivity contribution in [2.45, 2.75) is 19.8 Å². The van der Waals surface area contributed by atoms with E-state index in [0.29, 0.717) is 0 Å². The van der Waals surface area contributed by atoms with Gasteiger partial charge in [-0.1, -0.05) is 24.3 Å². The summed E-state index contributed by atoms with van der Waals surface area (Å²) in [5.41, 5.74) is 6.06. The molecule has 0 nitrogen and oxygen atoms in total. The molecular weight excluding hydrogens is 192 g/mol. The van der Waals surface area contributed by atoms with Crippen LogP contribution in [-0.2, 0) is 6.42 Å². The van der Waals surface area contributed by atoms with Gasteiger partial charge in [0.15, 0.2) is 0 Å². The van der Waals surface area contributed by atoms with Crippen molar-refractivity contribution in [3.05, 3.63) is 59.0 Å². The minimum absolute atomic E-state index is 1.13. The van der Waals surface area contributed by atoms with E-state index >= 15 is 0 Å². The van der Waals surface area contributed by atoms with E-state index in [2.05, 4.69) is 43.3 Å². The highest BCUT2D eigenvalue weighted by Gasteiger charge is 2.33. The van der Waals surface area contributed by atoms with Gasteiger partial charge in [-0.15, -0.1) is 0 Å². The maximum Gasteiger partial charge on any atom is 0.141 e. The summed E-state index contributed by atoms with van der Waals surface area (Å²) in [5, 5.41) is 2.90. The molecule has 76 valence electrons. The fraction of sp³-hybridized carbons (Fsp3) is 0.188. The molecule has 0 aromatic heterocycles. The van der Waals surface area contributed by atoms with Crippen molar-refractivity contribution in [1.29, 1.82) is 0 Å². The van der Waals surface area contributed by atoms with Crippen molar-refractivity contribution in [2.24, 2.45) is 0 Å². The van der Waals surface area contributed by atoms with Crippen LogP contribution in [0.25, 0.3) is 16.3 Å². The van der Waals surface area contributed by atoms with Gasteiger partial charge >= 0.3 is 0 Å². The summed E-state index contributed by atoms with van der Waals surface area (Å²) in [6.45, 7) is 2.26. The Morgan fingerprint density at radius 3 is 3.00 bits per heavy atom. The molecule has 0 saturated heterocycles. The minimum atomic E-state index is 1.13. The van der Waals surface area contributed by atoms with E-state index in [1.807, 2.05) is 0 Å². The minimum Gasteiger partial charge on any atom is -0.0612 e. The van der Waals surface area contributed by atoms with Crippen LogP contribution in [-0.4, -0.2) is 0 Å². The molecule has 0 heterocycles. The van der Waals surface area contributed by atoms with Gasteiger partial charge in [0.2, 0.25) is 0 Å². The Hall–Kier alpha value is -1.69. The van der Waals surface area contributed by atoms with Crippen LogP contribution in [0.5, 0.6) is 0 Å². The molecule has 0 bridgehead atoms. The summed E-state index contributed by atoms with van der Waals surface area (Å²) in [6.07, 6.45) is 4.68. The van der Waals surface area contributed by atoms with Gasteiger partial charge in [0.05, 0.1) is 10.9 Å². The molecule has 4 rings (SSSR count). The summed E-state index contributed by atoms with van der Waals surface area (Å²) in [7, 11) is 0. The number of benzene rings is 2. The molecule has 0 amide bonds. The Morgan fingerprint density at radius 2 is 2.06 bits per heavy atom. The average Bonchev–Trinajstić information content (AvgIpc) is 2.69. The van der Waals surface area contributed by atoms with Crippen LogP contribution < -0.4 is 0 Å². The quantitative estimate of drug-likeness (QED) is 0.567. The van der Waals surface area contributed by atoms with E-state index in [0.717, 1.165) is 12.8 Å². The zero-order valence-corrected chi connectivity index (χ0v) is 9.38. The van der Waals surface area contributed by atoms with Gasteiger partial charge in [-0.25, -0.2) is 0 Å². The SMILES string of the molecule is C[C+]1CC=C2Cc3cccc4ccc1c2c34. The molecule has 0 N–H and O–H groups in total. The Morgan fingerprint density at radius 1 is 1.12 bits per heavy atom. The van der Waals surface area contributed by atoms with Crippen molar-refractivity contribution in [1.82, 2.24) is 0 Å². The molecule has 2 aliphatic rings. The summed E-state index contributed by atoms with van der Waals surface area (Å²) in [5.74, 6) is 1.51. The largest absolute Gasteiger partial charge is 0.141 e. The van der Waals surface area contributed by atoms with Crippen molar-refractivity contribution in [2.75, 3.05) is 0 Å². The fourth-order valence-corrected chi connectivity index (χ4v) is 3.15. The average molecular weight is 205 g/mol. The van der Waals surface area contributed by atoms with Crippen LogP contribution in [0.4, 0.5) is 0 Å². The Balaban J connectivity index is 2.23. The monoisotopic (exact) mass is 205 g/mol. The van der Waals surface area contributed by atoms with Crippen LogP contribution in [0, 0.1) is 5.92 Å². The Labute approximate surface area is 95.6 Å². The van der Waals surface area contributed by atoms with Crippen LogP contribution in [0.2, 0.25) is 0 Å². The number of hydrogen-bond acceptors (Lipinski definition) is 0. The van der Waals surface area contributed by atoms with E-state index < -0.39 is 0 Å². The number of allylic oxidation sites excluding steroid dienone is 2. The summed E-state index contributed by atoms with van der Waals surface area (Å²) < 4.78 is 0. The van der Waals surface area contributed by atoms with E-state index in [9.17, 15) is 0 Å². The van der Waals surface area contributed by atoms with Crippen LogP contribution in [0.1, 0.15) is 30.0 Å². The highest BCUT2D eigenvalue weighted by Crippen LogP contribution is 2.45. The number of rotatable bonds is 0. The van der Waals surface area contributed by atoms with Gasteiger partial charge in [-0.05, 0) is 5.56 Å². The van der Waals surface area contributed by atoms with Crippen molar-refractivity contribution in [3.8, 4) is 0 Å². The molecule has 2 aliphatic carbocycles. The lowest BCUT2D eigenvalue weighted by molar-refractivity contribution is 1.01. The fourth-order valence-electron chi connectivity index (χ4n) is 3.15. The predicted octanol–water partition coefficient (Wildman–Crippen LogP) is 4.13. The van der Waals surface area contributed by atoms with Gasteiger partial charge in [0, 0.05) is 48.8 Å². The maximum absolute atomic E-state index is 2.41. The van der Waals surface area contributed by atoms with Crippen LogP contribution in [0.3, 0.4) is 0 Å². The summed E-state index contributed by atoms with van der Waals surface area (Å²) in [6, 6.07) is 11.3. The topological polar surface area (TPSA) is 0 Å². The molecule has 0 fully saturated rings. The maximum atomic E-state index is 2.41. The first kappa shape index (κ1) is 8.46. The first-order chi connectivity index (χ1) is 7.84. The lowest BCUT2D eigenvalue weighted by atomic mass is 9.84. The van der Waals surface area contributed by atoms with Gasteiger partial charge in [-0.2, -0.15) is 0 Å². The zero-order chi connectivity index (χ0) is 10.7. The summed E-state index contributed by atoms with van der Waals surface area (Å²) >= 11 is 0. The van der Waals surface area contributed by atoms with Gasteiger partial charge in [-0.3, -0.25) is 0 Å². The molecule has 0 spiro atoms. The third kappa shape index (κ3) is 0.880. The molecule has 0 heteroatoms.